The molecule has 0 bridgehead atoms. The third kappa shape index (κ3) is 4.22. The zero-order valence-corrected chi connectivity index (χ0v) is 15.6. The molecule has 0 saturated heterocycles. The van der Waals surface area contributed by atoms with Crippen molar-refractivity contribution < 1.29 is 23.5 Å². The summed E-state index contributed by atoms with van der Waals surface area (Å²) in [4.78, 5) is 28.7. The Kier molecular flexibility index (Phi) is 5.66. The second-order valence-corrected chi connectivity index (χ2v) is 6.63. The number of rotatable bonds is 5. The first-order valence-corrected chi connectivity index (χ1v) is 8.92. The summed E-state index contributed by atoms with van der Waals surface area (Å²) in [7, 11) is 2.83. The maximum atomic E-state index is 13.6. The minimum Gasteiger partial charge on any atom is -0.497 e. The monoisotopic (exact) mass is 388 g/mol. The van der Waals surface area contributed by atoms with Gasteiger partial charge in [0.1, 0.15) is 11.6 Å². The highest BCUT2D eigenvalue weighted by Crippen LogP contribution is 2.19. The smallest absolute Gasteiger partial charge is 0.307 e. The lowest BCUT2D eigenvalue weighted by atomic mass is 10.2. The standard InChI is InChI=1S/C19H17FN2O4S/c1-25-14-5-3-4-12(10-14)18(24)21-19-22(9-8-17(23)26-2)15-7-6-13(20)11-16(15)27-19/h3-7,10-11H,8-9H2,1-2H3. The molecule has 0 saturated carbocycles. The molecule has 0 N–H and O–H groups in total. The van der Waals surface area contributed by atoms with Gasteiger partial charge in [-0.25, -0.2) is 4.39 Å². The second kappa shape index (κ2) is 8.13. The Morgan fingerprint density at radius 3 is 2.74 bits per heavy atom. The second-order valence-electron chi connectivity index (χ2n) is 5.62. The maximum Gasteiger partial charge on any atom is 0.307 e. The van der Waals surface area contributed by atoms with Gasteiger partial charge in [-0.3, -0.25) is 9.59 Å². The Morgan fingerprint density at radius 2 is 2.00 bits per heavy atom. The van der Waals surface area contributed by atoms with Crippen LogP contribution in [-0.2, 0) is 16.1 Å². The van der Waals surface area contributed by atoms with Crippen molar-refractivity contribution >= 4 is 33.4 Å². The predicted molar refractivity (Wildman–Crippen MR) is 99.3 cm³/mol. The van der Waals surface area contributed by atoms with Gasteiger partial charge in [0.2, 0.25) is 0 Å². The van der Waals surface area contributed by atoms with Crippen LogP contribution >= 0.6 is 11.3 Å². The number of benzene rings is 2. The fourth-order valence-corrected chi connectivity index (χ4v) is 3.64. The van der Waals surface area contributed by atoms with Gasteiger partial charge in [-0.15, -0.1) is 0 Å². The lowest BCUT2D eigenvalue weighted by Crippen LogP contribution is -2.19. The van der Waals surface area contributed by atoms with Crippen LogP contribution in [0, 0.1) is 5.82 Å². The molecule has 1 aromatic heterocycles. The Labute approximate surface area is 158 Å². The van der Waals surface area contributed by atoms with E-state index in [1.165, 1.54) is 37.7 Å². The molecule has 0 radical (unpaired) electrons. The summed E-state index contributed by atoms with van der Waals surface area (Å²) in [6.07, 6.45) is 0.111. The van der Waals surface area contributed by atoms with E-state index in [1.807, 2.05) is 0 Å². The van der Waals surface area contributed by atoms with Gasteiger partial charge in [-0.1, -0.05) is 17.4 Å². The van der Waals surface area contributed by atoms with Gasteiger partial charge in [-0.2, -0.15) is 4.99 Å². The molecule has 2 aromatic carbocycles. The average molecular weight is 388 g/mol. The van der Waals surface area contributed by atoms with Crippen LogP contribution in [0.3, 0.4) is 0 Å². The summed E-state index contributed by atoms with van der Waals surface area (Å²) in [6.45, 7) is 0.266. The molecule has 8 heteroatoms. The molecule has 0 aliphatic rings. The van der Waals surface area contributed by atoms with Gasteiger partial charge in [0.05, 0.1) is 30.9 Å². The van der Waals surface area contributed by atoms with Crippen molar-refractivity contribution in [1.82, 2.24) is 4.57 Å². The quantitative estimate of drug-likeness (QED) is 0.630. The van der Waals surface area contributed by atoms with Crippen LogP contribution in [0.2, 0.25) is 0 Å². The SMILES string of the molecule is COC(=O)CCn1c(=NC(=O)c2cccc(OC)c2)sc2cc(F)ccc21. The molecule has 6 nitrogen and oxygen atoms in total. The summed E-state index contributed by atoms with van der Waals surface area (Å²) in [5.41, 5.74) is 1.07. The van der Waals surface area contributed by atoms with Gasteiger partial charge in [0.25, 0.3) is 5.91 Å². The third-order valence-corrected chi connectivity index (χ3v) is 4.97. The summed E-state index contributed by atoms with van der Waals surface area (Å²) < 4.78 is 25.7. The van der Waals surface area contributed by atoms with E-state index in [1.54, 1.807) is 34.9 Å². The number of hydrogen-bond acceptors (Lipinski definition) is 5. The van der Waals surface area contributed by atoms with Crippen molar-refractivity contribution in [2.24, 2.45) is 4.99 Å². The zero-order valence-electron chi connectivity index (χ0n) is 14.8. The predicted octanol–water partition coefficient (Wildman–Crippen LogP) is 3.15. The molecular weight excluding hydrogens is 371 g/mol. The van der Waals surface area contributed by atoms with Gasteiger partial charge in [0.15, 0.2) is 4.80 Å². The number of carbonyl (C=O) groups excluding carboxylic acids is 2. The molecule has 0 fully saturated rings. The van der Waals surface area contributed by atoms with Crippen molar-refractivity contribution in [3.8, 4) is 5.75 Å². The number of nitrogens with zero attached hydrogens (tertiary/aromatic N) is 2. The minimum atomic E-state index is -0.451. The number of esters is 1. The van der Waals surface area contributed by atoms with E-state index >= 15 is 0 Å². The van der Waals surface area contributed by atoms with Crippen molar-refractivity contribution in [1.29, 1.82) is 0 Å². The molecule has 0 atom stereocenters. The van der Waals surface area contributed by atoms with E-state index in [9.17, 15) is 14.0 Å². The molecule has 0 aliphatic carbocycles. The normalized spacial score (nSPS) is 11.6. The number of ether oxygens (including phenoxy) is 2. The number of aryl methyl sites for hydroxylation is 1. The number of carbonyl (C=O) groups is 2. The van der Waals surface area contributed by atoms with Crippen LogP contribution in [0.5, 0.6) is 5.75 Å². The first kappa shape index (κ1) is 18.8. The van der Waals surface area contributed by atoms with Crippen LogP contribution in [-0.4, -0.2) is 30.7 Å². The number of fused-ring (bicyclic) bond motifs is 1. The molecule has 1 amide bonds. The number of methoxy groups -OCH3 is 2. The summed E-state index contributed by atoms with van der Waals surface area (Å²) >= 11 is 1.18. The highest BCUT2D eigenvalue weighted by molar-refractivity contribution is 7.16. The van der Waals surface area contributed by atoms with Crippen molar-refractivity contribution in [3.63, 3.8) is 0 Å². The van der Waals surface area contributed by atoms with Crippen LogP contribution in [0.4, 0.5) is 4.39 Å². The number of halogens is 1. The highest BCUT2D eigenvalue weighted by Gasteiger charge is 2.12. The molecule has 3 aromatic rings. The third-order valence-electron chi connectivity index (χ3n) is 3.93. The van der Waals surface area contributed by atoms with Crippen LogP contribution in [0.25, 0.3) is 10.2 Å². The topological polar surface area (TPSA) is 69.9 Å². The molecule has 27 heavy (non-hydrogen) atoms. The van der Waals surface area contributed by atoms with Gasteiger partial charge < -0.3 is 14.0 Å². The van der Waals surface area contributed by atoms with E-state index < -0.39 is 5.91 Å². The summed E-state index contributed by atoms with van der Waals surface area (Å²) in [5.74, 6) is -0.663. The van der Waals surface area contributed by atoms with Crippen LogP contribution < -0.4 is 9.54 Å². The molecule has 140 valence electrons. The zero-order chi connectivity index (χ0) is 19.4. The number of hydrogen-bond donors (Lipinski definition) is 0. The first-order valence-electron chi connectivity index (χ1n) is 8.10. The van der Waals surface area contributed by atoms with E-state index in [-0.39, 0.29) is 24.8 Å². The first-order chi connectivity index (χ1) is 13.0. The summed E-state index contributed by atoms with van der Waals surface area (Å²) in [6, 6.07) is 11.0. The Bertz CT molecular complexity index is 1070. The molecule has 0 aliphatic heterocycles. The molecule has 1 heterocycles. The average Bonchev–Trinajstić information content (AvgIpc) is 3.01. The number of aromatic nitrogens is 1. The fourth-order valence-electron chi connectivity index (χ4n) is 2.56. The minimum absolute atomic E-state index is 0.111. The Hall–Kier alpha value is -3.00. The lowest BCUT2D eigenvalue weighted by Gasteiger charge is -2.04. The van der Waals surface area contributed by atoms with Gasteiger partial charge >= 0.3 is 5.97 Å². The van der Waals surface area contributed by atoms with Crippen molar-refractivity contribution in [2.45, 2.75) is 13.0 Å². The van der Waals surface area contributed by atoms with Gasteiger partial charge in [0, 0.05) is 12.1 Å². The molecular formula is C19H17FN2O4S. The van der Waals surface area contributed by atoms with Gasteiger partial charge in [-0.05, 0) is 36.4 Å². The van der Waals surface area contributed by atoms with Crippen LogP contribution in [0.1, 0.15) is 16.8 Å². The molecule has 3 rings (SSSR count). The van der Waals surface area contributed by atoms with E-state index in [0.29, 0.717) is 26.3 Å². The maximum absolute atomic E-state index is 13.6. The van der Waals surface area contributed by atoms with Crippen molar-refractivity contribution in [2.75, 3.05) is 14.2 Å². The fraction of sp³-hybridized carbons (Fsp3) is 0.211. The van der Waals surface area contributed by atoms with Crippen LogP contribution in [0.15, 0.2) is 47.5 Å². The summed E-state index contributed by atoms with van der Waals surface area (Å²) in [5, 5.41) is 0. The number of thiazole rings is 1. The van der Waals surface area contributed by atoms with E-state index in [2.05, 4.69) is 9.73 Å². The Balaban J connectivity index is 2.06. The van der Waals surface area contributed by atoms with E-state index in [0.717, 1.165) is 0 Å². The highest BCUT2D eigenvalue weighted by atomic mass is 32.1. The Morgan fingerprint density at radius 1 is 1.19 bits per heavy atom. The molecule has 0 spiro atoms. The number of amides is 1. The molecule has 0 unspecified atom stereocenters. The van der Waals surface area contributed by atoms with Crippen molar-refractivity contribution in [3.05, 3.63) is 58.6 Å². The largest absolute Gasteiger partial charge is 0.497 e. The lowest BCUT2D eigenvalue weighted by molar-refractivity contribution is -0.140. The van der Waals surface area contributed by atoms with E-state index in [4.69, 9.17) is 4.74 Å².